The van der Waals surface area contributed by atoms with Crippen LogP contribution >= 0.6 is 0 Å². The number of benzene rings is 1. The fraction of sp³-hybridized carbons (Fsp3) is 0.500. The molecule has 1 unspecified atom stereocenters. The molecule has 1 atom stereocenters. The van der Waals surface area contributed by atoms with Gasteiger partial charge in [0.1, 0.15) is 6.04 Å². The number of aryl methyl sites for hydroxylation is 1. The number of methoxy groups -OCH3 is 1. The first-order valence-electron chi connectivity index (χ1n) is 6.11. The summed E-state index contributed by atoms with van der Waals surface area (Å²) in [6, 6.07) is 8.09. The van der Waals surface area contributed by atoms with Gasteiger partial charge in [-0.1, -0.05) is 17.7 Å². The van der Waals surface area contributed by atoms with Crippen LogP contribution < -0.4 is 10.2 Å². The molecule has 0 saturated carbocycles. The number of hydrogen-bond acceptors (Lipinski definition) is 4. The van der Waals surface area contributed by atoms with E-state index >= 15 is 0 Å². The van der Waals surface area contributed by atoms with Gasteiger partial charge in [0, 0.05) is 19.3 Å². The molecule has 100 valence electrons. The third kappa shape index (κ3) is 4.04. The predicted molar refractivity (Wildman–Crippen MR) is 73.9 cm³/mol. The van der Waals surface area contributed by atoms with Crippen LogP contribution in [0.5, 0.6) is 0 Å². The number of nitrogens with zero attached hydrogens (tertiary/aromatic N) is 1. The van der Waals surface area contributed by atoms with E-state index in [1.54, 1.807) is 7.05 Å². The van der Waals surface area contributed by atoms with E-state index in [0.717, 1.165) is 12.2 Å². The van der Waals surface area contributed by atoms with E-state index in [-0.39, 0.29) is 12.0 Å². The fourth-order valence-corrected chi connectivity index (χ4v) is 1.77. The van der Waals surface area contributed by atoms with Gasteiger partial charge in [-0.3, -0.25) is 4.79 Å². The first-order valence-corrected chi connectivity index (χ1v) is 6.11. The predicted octanol–water partition coefficient (Wildman–Crippen LogP) is 1.58. The van der Waals surface area contributed by atoms with Crippen molar-refractivity contribution < 1.29 is 9.53 Å². The van der Waals surface area contributed by atoms with Crippen LogP contribution in [0.2, 0.25) is 0 Å². The Morgan fingerprint density at radius 2 is 2.00 bits per heavy atom. The van der Waals surface area contributed by atoms with E-state index in [2.05, 4.69) is 41.4 Å². The number of carbonyl (C=O) groups excluding carboxylic acids is 1. The lowest BCUT2D eigenvalue weighted by Gasteiger charge is -2.22. The van der Waals surface area contributed by atoms with Crippen LogP contribution in [0.1, 0.15) is 12.0 Å². The highest BCUT2D eigenvalue weighted by atomic mass is 16.5. The fourth-order valence-electron chi connectivity index (χ4n) is 1.77. The molecule has 0 fully saturated rings. The summed E-state index contributed by atoms with van der Waals surface area (Å²) in [5, 5.41) is 2.97. The molecule has 1 aromatic carbocycles. The maximum Gasteiger partial charge on any atom is 0.322 e. The second-order valence-corrected chi connectivity index (χ2v) is 4.41. The SMILES string of the molecule is CNC(CCN(C)c1ccc(C)cc1)C(=O)OC. The van der Waals surface area contributed by atoms with Gasteiger partial charge in [0.15, 0.2) is 0 Å². The van der Waals surface area contributed by atoms with Crippen LogP contribution in [0.25, 0.3) is 0 Å². The van der Waals surface area contributed by atoms with Gasteiger partial charge < -0.3 is 15.0 Å². The van der Waals surface area contributed by atoms with Crippen LogP contribution in [0.15, 0.2) is 24.3 Å². The van der Waals surface area contributed by atoms with Crippen molar-refractivity contribution in [3.63, 3.8) is 0 Å². The lowest BCUT2D eigenvalue weighted by Crippen LogP contribution is -2.38. The summed E-state index contributed by atoms with van der Waals surface area (Å²) in [5.74, 6) is -0.213. The topological polar surface area (TPSA) is 41.6 Å². The van der Waals surface area contributed by atoms with Gasteiger partial charge in [-0.15, -0.1) is 0 Å². The van der Waals surface area contributed by atoms with Gasteiger partial charge in [-0.2, -0.15) is 0 Å². The number of likely N-dealkylation sites (N-methyl/N-ethyl adjacent to an activating group) is 1. The molecular weight excluding hydrogens is 228 g/mol. The molecule has 0 saturated heterocycles. The Morgan fingerprint density at radius 3 is 2.50 bits per heavy atom. The van der Waals surface area contributed by atoms with Crippen LogP contribution in [0.3, 0.4) is 0 Å². The normalized spacial score (nSPS) is 12.0. The average Bonchev–Trinajstić information content (AvgIpc) is 2.39. The molecule has 18 heavy (non-hydrogen) atoms. The summed E-state index contributed by atoms with van der Waals surface area (Å²) in [7, 11) is 5.21. The standard InChI is InChI=1S/C14H22N2O2/c1-11-5-7-12(8-6-11)16(3)10-9-13(15-2)14(17)18-4/h5-8,13,15H,9-10H2,1-4H3. The summed E-state index contributed by atoms with van der Waals surface area (Å²) in [6.07, 6.45) is 0.716. The number of ether oxygens (including phenoxy) is 1. The van der Waals surface area contributed by atoms with Gasteiger partial charge >= 0.3 is 5.97 Å². The number of anilines is 1. The third-order valence-electron chi connectivity index (χ3n) is 3.06. The largest absolute Gasteiger partial charge is 0.468 e. The van der Waals surface area contributed by atoms with Crippen molar-refractivity contribution in [1.82, 2.24) is 5.32 Å². The first kappa shape index (κ1) is 14.5. The second-order valence-electron chi connectivity index (χ2n) is 4.41. The number of rotatable bonds is 6. The Morgan fingerprint density at radius 1 is 1.39 bits per heavy atom. The molecule has 1 N–H and O–H groups in total. The molecule has 0 spiro atoms. The molecule has 0 heterocycles. The van der Waals surface area contributed by atoms with Crippen LogP contribution in [0.4, 0.5) is 5.69 Å². The smallest absolute Gasteiger partial charge is 0.322 e. The Kier molecular flexibility index (Phi) is 5.65. The summed E-state index contributed by atoms with van der Waals surface area (Å²) in [6.45, 7) is 2.86. The Balaban J connectivity index is 2.52. The minimum Gasteiger partial charge on any atom is -0.468 e. The number of esters is 1. The highest BCUT2D eigenvalue weighted by Crippen LogP contribution is 2.14. The number of hydrogen-bond donors (Lipinski definition) is 1. The van der Waals surface area contributed by atoms with Crippen LogP contribution in [-0.4, -0.2) is 39.8 Å². The molecular formula is C14H22N2O2. The summed E-state index contributed by atoms with van der Waals surface area (Å²) >= 11 is 0. The highest BCUT2D eigenvalue weighted by molar-refractivity contribution is 5.75. The molecule has 0 aliphatic rings. The van der Waals surface area contributed by atoms with Gasteiger partial charge in [0.05, 0.1) is 7.11 Å². The lowest BCUT2D eigenvalue weighted by atomic mass is 10.2. The second kappa shape index (κ2) is 7.01. The van der Waals surface area contributed by atoms with Gasteiger partial charge in [0.2, 0.25) is 0 Å². The van der Waals surface area contributed by atoms with Crippen molar-refractivity contribution in [1.29, 1.82) is 0 Å². The van der Waals surface area contributed by atoms with Crippen molar-refractivity contribution >= 4 is 11.7 Å². The van der Waals surface area contributed by atoms with E-state index in [4.69, 9.17) is 4.74 Å². The Bertz CT molecular complexity index is 376. The molecule has 0 radical (unpaired) electrons. The molecule has 1 rings (SSSR count). The van der Waals surface area contributed by atoms with E-state index in [1.165, 1.54) is 12.7 Å². The average molecular weight is 250 g/mol. The zero-order valence-electron chi connectivity index (χ0n) is 11.6. The van der Waals surface area contributed by atoms with Gasteiger partial charge in [-0.05, 0) is 32.5 Å². The van der Waals surface area contributed by atoms with E-state index in [0.29, 0.717) is 6.42 Å². The summed E-state index contributed by atoms with van der Waals surface area (Å²) in [4.78, 5) is 13.6. The summed E-state index contributed by atoms with van der Waals surface area (Å²) < 4.78 is 4.74. The molecule has 0 aliphatic carbocycles. The molecule has 4 heteroatoms. The lowest BCUT2D eigenvalue weighted by molar-refractivity contribution is -0.143. The zero-order chi connectivity index (χ0) is 13.5. The minimum absolute atomic E-state index is 0.213. The van der Waals surface area contributed by atoms with E-state index in [9.17, 15) is 4.79 Å². The Labute approximate surface area is 109 Å². The zero-order valence-corrected chi connectivity index (χ0v) is 11.6. The van der Waals surface area contributed by atoms with Crippen molar-refractivity contribution in [2.75, 3.05) is 32.6 Å². The van der Waals surface area contributed by atoms with Crippen LogP contribution in [-0.2, 0) is 9.53 Å². The molecule has 0 amide bonds. The van der Waals surface area contributed by atoms with E-state index < -0.39 is 0 Å². The first-order chi connectivity index (χ1) is 8.58. The molecule has 0 aromatic heterocycles. The van der Waals surface area contributed by atoms with Crippen molar-refractivity contribution in [3.05, 3.63) is 29.8 Å². The molecule has 0 bridgehead atoms. The van der Waals surface area contributed by atoms with Gasteiger partial charge in [-0.25, -0.2) is 0 Å². The van der Waals surface area contributed by atoms with E-state index in [1.807, 2.05) is 7.05 Å². The third-order valence-corrected chi connectivity index (χ3v) is 3.06. The molecule has 0 aliphatic heterocycles. The highest BCUT2D eigenvalue weighted by Gasteiger charge is 2.17. The summed E-state index contributed by atoms with van der Waals surface area (Å²) in [5.41, 5.74) is 2.40. The monoisotopic (exact) mass is 250 g/mol. The quantitative estimate of drug-likeness (QED) is 0.778. The van der Waals surface area contributed by atoms with Crippen molar-refractivity contribution in [2.24, 2.45) is 0 Å². The van der Waals surface area contributed by atoms with Crippen molar-refractivity contribution in [2.45, 2.75) is 19.4 Å². The Hall–Kier alpha value is -1.55. The van der Waals surface area contributed by atoms with Crippen molar-refractivity contribution in [3.8, 4) is 0 Å². The minimum atomic E-state index is -0.247. The maximum absolute atomic E-state index is 11.4. The molecule has 4 nitrogen and oxygen atoms in total. The number of nitrogens with one attached hydrogen (secondary N) is 1. The maximum atomic E-state index is 11.4. The molecule has 1 aromatic rings. The number of carbonyl (C=O) groups is 1. The van der Waals surface area contributed by atoms with Crippen LogP contribution in [0, 0.1) is 6.92 Å². The van der Waals surface area contributed by atoms with Gasteiger partial charge in [0.25, 0.3) is 0 Å².